The maximum absolute atomic E-state index is 12.5. The third kappa shape index (κ3) is 2.72. The van der Waals surface area contributed by atoms with Gasteiger partial charge in [0.25, 0.3) is 5.91 Å². The highest BCUT2D eigenvalue weighted by atomic mass is 16.1. The van der Waals surface area contributed by atoms with Crippen LogP contribution in [0.25, 0.3) is 0 Å². The molecule has 3 rings (SSSR count). The summed E-state index contributed by atoms with van der Waals surface area (Å²) in [6.45, 7) is 1.85. The number of nitrogens with two attached hydrogens (primary N) is 1. The smallest absolute Gasteiger partial charge is 0.250 e. The highest BCUT2D eigenvalue weighted by Crippen LogP contribution is 2.26. The Labute approximate surface area is 129 Å². The fraction of sp³-hybridized carbons (Fsp3) is 0.222. The number of nitrogens with zero attached hydrogens (tertiary/aromatic N) is 1. The number of primary amides is 1. The van der Waals surface area contributed by atoms with E-state index in [1.165, 1.54) is 0 Å². The van der Waals surface area contributed by atoms with E-state index in [-0.39, 0.29) is 5.78 Å². The molecule has 1 heterocycles. The largest absolute Gasteiger partial charge is 0.371 e. The lowest BCUT2D eigenvalue weighted by molar-refractivity contribution is 0.100. The minimum atomic E-state index is -0.496. The van der Waals surface area contributed by atoms with Crippen LogP contribution in [-0.2, 0) is 0 Å². The topological polar surface area (TPSA) is 63.4 Å². The standard InChI is InChI=1S/C18H18N2O2/c19-18(22)15-12-14(17(21)13-6-2-1-3-7-13)8-9-16(15)20-10-4-5-11-20/h1-3,6-9,12H,4-5,10-11H2,(H2,19,22). The molecule has 1 fully saturated rings. The lowest BCUT2D eigenvalue weighted by Gasteiger charge is -2.20. The van der Waals surface area contributed by atoms with Crippen molar-refractivity contribution in [1.29, 1.82) is 0 Å². The Hall–Kier alpha value is -2.62. The van der Waals surface area contributed by atoms with Crippen molar-refractivity contribution in [2.45, 2.75) is 12.8 Å². The van der Waals surface area contributed by atoms with E-state index in [1.807, 2.05) is 24.3 Å². The first-order valence-electron chi connectivity index (χ1n) is 7.45. The van der Waals surface area contributed by atoms with Crippen molar-refractivity contribution in [2.24, 2.45) is 5.73 Å². The predicted octanol–water partition coefficient (Wildman–Crippen LogP) is 2.62. The summed E-state index contributed by atoms with van der Waals surface area (Å²) in [4.78, 5) is 26.4. The average molecular weight is 294 g/mol. The van der Waals surface area contributed by atoms with Crippen LogP contribution >= 0.6 is 0 Å². The molecule has 4 heteroatoms. The second-order valence-electron chi connectivity index (χ2n) is 5.49. The molecule has 1 amide bonds. The third-order valence-corrected chi connectivity index (χ3v) is 4.01. The van der Waals surface area contributed by atoms with Crippen molar-refractivity contribution in [3.63, 3.8) is 0 Å². The molecule has 4 nitrogen and oxygen atoms in total. The highest BCUT2D eigenvalue weighted by Gasteiger charge is 2.20. The molecule has 1 aliphatic heterocycles. The van der Waals surface area contributed by atoms with Crippen molar-refractivity contribution in [2.75, 3.05) is 18.0 Å². The second kappa shape index (κ2) is 6.02. The third-order valence-electron chi connectivity index (χ3n) is 4.01. The molecule has 1 aliphatic rings. The van der Waals surface area contributed by atoms with E-state index in [0.717, 1.165) is 31.6 Å². The van der Waals surface area contributed by atoms with Gasteiger partial charge in [0, 0.05) is 29.9 Å². The maximum atomic E-state index is 12.5. The minimum absolute atomic E-state index is 0.101. The molecular formula is C18H18N2O2. The normalized spacial score (nSPS) is 14.1. The van der Waals surface area contributed by atoms with Crippen LogP contribution in [0.2, 0.25) is 0 Å². The monoisotopic (exact) mass is 294 g/mol. The summed E-state index contributed by atoms with van der Waals surface area (Å²) in [6.07, 6.45) is 2.23. The average Bonchev–Trinajstić information content (AvgIpc) is 3.08. The molecule has 1 saturated heterocycles. The minimum Gasteiger partial charge on any atom is -0.371 e. The summed E-state index contributed by atoms with van der Waals surface area (Å²) in [7, 11) is 0. The predicted molar refractivity (Wildman–Crippen MR) is 86.3 cm³/mol. The number of ketones is 1. The van der Waals surface area contributed by atoms with Crippen molar-refractivity contribution in [3.8, 4) is 0 Å². The zero-order valence-electron chi connectivity index (χ0n) is 12.3. The fourth-order valence-corrected chi connectivity index (χ4v) is 2.86. The van der Waals surface area contributed by atoms with Crippen LogP contribution in [0.3, 0.4) is 0 Å². The van der Waals surface area contributed by atoms with E-state index in [1.54, 1.807) is 24.3 Å². The summed E-state index contributed by atoms with van der Waals surface area (Å²) in [5.74, 6) is -0.597. The van der Waals surface area contributed by atoms with Crippen LogP contribution in [0.5, 0.6) is 0 Å². The van der Waals surface area contributed by atoms with Gasteiger partial charge in [-0.25, -0.2) is 0 Å². The van der Waals surface area contributed by atoms with Gasteiger partial charge in [-0.2, -0.15) is 0 Å². The number of benzene rings is 2. The first kappa shape index (κ1) is 14.3. The zero-order chi connectivity index (χ0) is 15.5. The van der Waals surface area contributed by atoms with Crippen molar-refractivity contribution < 1.29 is 9.59 Å². The van der Waals surface area contributed by atoms with Gasteiger partial charge >= 0.3 is 0 Å². The van der Waals surface area contributed by atoms with Crippen LogP contribution in [0.1, 0.15) is 39.1 Å². The van der Waals surface area contributed by atoms with Crippen LogP contribution in [0.15, 0.2) is 48.5 Å². The maximum Gasteiger partial charge on any atom is 0.250 e. The summed E-state index contributed by atoms with van der Waals surface area (Å²) in [5, 5.41) is 0. The molecule has 112 valence electrons. The van der Waals surface area contributed by atoms with Gasteiger partial charge in [0.2, 0.25) is 0 Å². The fourth-order valence-electron chi connectivity index (χ4n) is 2.86. The second-order valence-corrected chi connectivity index (χ2v) is 5.49. The van der Waals surface area contributed by atoms with Gasteiger partial charge in [0.1, 0.15) is 0 Å². The van der Waals surface area contributed by atoms with Gasteiger partial charge in [-0.3, -0.25) is 9.59 Å². The number of amides is 1. The molecule has 0 atom stereocenters. The van der Waals surface area contributed by atoms with Gasteiger partial charge in [-0.15, -0.1) is 0 Å². The SMILES string of the molecule is NC(=O)c1cc(C(=O)c2ccccc2)ccc1N1CCCC1. The Morgan fingerprint density at radius 1 is 0.909 bits per heavy atom. The van der Waals surface area contributed by atoms with Crippen molar-refractivity contribution in [3.05, 3.63) is 65.2 Å². The molecule has 2 N–H and O–H groups in total. The molecule has 2 aromatic rings. The summed E-state index contributed by atoms with van der Waals surface area (Å²) in [6, 6.07) is 14.3. The Morgan fingerprint density at radius 2 is 1.59 bits per heavy atom. The molecule has 0 saturated carbocycles. The highest BCUT2D eigenvalue weighted by molar-refractivity contribution is 6.11. The van der Waals surface area contributed by atoms with E-state index < -0.39 is 5.91 Å². The van der Waals surface area contributed by atoms with Crippen LogP contribution < -0.4 is 10.6 Å². The van der Waals surface area contributed by atoms with Crippen LogP contribution in [-0.4, -0.2) is 24.8 Å². The van der Waals surface area contributed by atoms with E-state index >= 15 is 0 Å². The lowest BCUT2D eigenvalue weighted by atomic mass is 9.99. The Bertz CT molecular complexity index is 704. The van der Waals surface area contributed by atoms with E-state index in [9.17, 15) is 9.59 Å². The van der Waals surface area contributed by atoms with Crippen LogP contribution in [0.4, 0.5) is 5.69 Å². The first-order valence-corrected chi connectivity index (χ1v) is 7.45. The Kier molecular flexibility index (Phi) is 3.92. The van der Waals surface area contributed by atoms with E-state index in [4.69, 9.17) is 5.73 Å². The number of rotatable bonds is 4. The molecule has 0 bridgehead atoms. The van der Waals surface area contributed by atoms with E-state index in [2.05, 4.69) is 4.90 Å². The summed E-state index contributed by atoms with van der Waals surface area (Å²) in [5.41, 5.74) is 7.85. The number of carbonyl (C=O) groups is 2. The summed E-state index contributed by atoms with van der Waals surface area (Å²) < 4.78 is 0. The van der Waals surface area contributed by atoms with Gasteiger partial charge in [-0.05, 0) is 31.0 Å². The van der Waals surface area contributed by atoms with E-state index in [0.29, 0.717) is 16.7 Å². The molecule has 0 aromatic heterocycles. The number of carbonyl (C=O) groups excluding carboxylic acids is 2. The Morgan fingerprint density at radius 3 is 2.23 bits per heavy atom. The number of anilines is 1. The van der Waals surface area contributed by atoms with Crippen molar-refractivity contribution in [1.82, 2.24) is 0 Å². The molecule has 2 aromatic carbocycles. The summed E-state index contributed by atoms with van der Waals surface area (Å²) >= 11 is 0. The number of hydrogen-bond acceptors (Lipinski definition) is 3. The first-order chi connectivity index (χ1) is 10.7. The molecule has 0 spiro atoms. The van der Waals surface area contributed by atoms with Gasteiger partial charge in [0.05, 0.1) is 5.56 Å². The lowest BCUT2D eigenvalue weighted by Crippen LogP contribution is -2.23. The molecular weight excluding hydrogens is 276 g/mol. The van der Waals surface area contributed by atoms with Gasteiger partial charge in [-0.1, -0.05) is 30.3 Å². The molecule has 0 radical (unpaired) electrons. The van der Waals surface area contributed by atoms with Gasteiger partial charge < -0.3 is 10.6 Å². The number of hydrogen-bond donors (Lipinski definition) is 1. The van der Waals surface area contributed by atoms with Gasteiger partial charge in [0.15, 0.2) is 5.78 Å². The van der Waals surface area contributed by atoms with Crippen LogP contribution in [0, 0.1) is 0 Å². The Balaban J connectivity index is 1.98. The molecule has 0 aliphatic carbocycles. The quantitative estimate of drug-likeness (QED) is 0.882. The molecule has 0 unspecified atom stereocenters. The van der Waals surface area contributed by atoms with Crippen molar-refractivity contribution >= 4 is 17.4 Å². The zero-order valence-corrected chi connectivity index (χ0v) is 12.3. The molecule has 22 heavy (non-hydrogen) atoms.